The van der Waals surface area contributed by atoms with Gasteiger partial charge in [-0.25, -0.2) is 9.97 Å². The molecule has 0 radical (unpaired) electrons. The molecule has 3 atom stereocenters. The molecule has 3 unspecified atom stereocenters. The quantitative estimate of drug-likeness (QED) is 0.725. The predicted molar refractivity (Wildman–Crippen MR) is 98.6 cm³/mol. The lowest BCUT2D eigenvalue weighted by molar-refractivity contribution is -0.130. The number of aromatic nitrogens is 3. The maximum Gasteiger partial charge on any atom is 0.270 e. The molecule has 3 aliphatic rings. The van der Waals surface area contributed by atoms with Gasteiger partial charge in [0.15, 0.2) is 12.1 Å². The van der Waals surface area contributed by atoms with Crippen molar-refractivity contribution in [3.8, 4) is 5.69 Å². The SMILES string of the molecule is NC(=O)c1ncoc1C1C2CC1N(C(=O)Cc1ccc(-n3ccnc3)cc1)C2. The van der Waals surface area contributed by atoms with Gasteiger partial charge in [0, 0.05) is 36.6 Å². The summed E-state index contributed by atoms with van der Waals surface area (Å²) >= 11 is 0. The van der Waals surface area contributed by atoms with Crippen molar-refractivity contribution in [2.45, 2.75) is 24.8 Å². The van der Waals surface area contributed by atoms with Gasteiger partial charge in [-0.2, -0.15) is 0 Å². The van der Waals surface area contributed by atoms with Gasteiger partial charge in [0.25, 0.3) is 5.91 Å². The number of hydrogen-bond donors (Lipinski definition) is 1. The topological polar surface area (TPSA) is 107 Å². The molecule has 3 aromatic rings. The molecule has 2 aliphatic heterocycles. The fourth-order valence-corrected chi connectivity index (χ4v) is 4.45. The third-order valence-corrected chi connectivity index (χ3v) is 5.84. The van der Waals surface area contributed by atoms with Gasteiger partial charge < -0.3 is 19.6 Å². The predicted octanol–water partition coefficient (Wildman–Crippen LogP) is 1.52. The van der Waals surface area contributed by atoms with E-state index in [-0.39, 0.29) is 23.6 Å². The van der Waals surface area contributed by atoms with Crippen molar-refractivity contribution in [2.75, 3.05) is 6.54 Å². The minimum Gasteiger partial charge on any atom is -0.447 e. The second-order valence-electron chi connectivity index (χ2n) is 7.38. The highest BCUT2D eigenvalue weighted by molar-refractivity contribution is 5.92. The van der Waals surface area contributed by atoms with Gasteiger partial charge in [0.1, 0.15) is 5.76 Å². The first-order valence-corrected chi connectivity index (χ1v) is 9.21. The fourth-order valence-electron chi connectivity index (χ4n) is 4.45. The third-order valence-electron chi connectivity index (χ3n) is 5.84. The highest BCUT2D eigenvalue weighted by atomic mass is 16.3. The summed E-state index contributed by atoms with van der Waals surface area (Å²) in [5, 5.41) is 0. The maximum atomic E-state index is 12.9. The van der Waals surface area contributed by atoms with Crippen LogP contribution in [0.15, 0.2) is 53.8 Å². The van der Waals surface area contributed by atoms with E-state index in [4.69, 9.17) is 10.2 Å². The van der Waals surface area contributed by atoms with Gasteiger partial charge in [-0.1, -0.05) is 12.1 Å². The van der Waals surface area contributed by atoms with Crippen LogP contribution in [0.1, 0.15) is 34.2 Å². The molecule has 8 heteroatoms. The second-order valence-corrected chi connectivity index (χ2v) is 7.38. The number of carbonyl (C=O) groups is 2. The lowest BCUT2D eigenvalue weighted by atomic mass is 9.72. The number of oxazole rings is 1. The monoisotopic (exact) mass is 377 g/mol. The smallest absolute Gasteiger partial charge is 0.270 e. The standard InChI is InChI=1S/C20H19N5O3/c21-20(27)18-19(28-11-23-18)17-13-8-15(17)25(9-13)16(26)7-12-1-3-14(4-2-12)24-6-5-22-10-24/h1-6,10-11,13,15,17H,7-9H2,(H2,21,27). The summed E-state index contributed by atoms with van der Waals surface area (Å²) < 4.78 is 7.36. The van der Waals surface area contributed by atoms with E-state index in [1.54, 1.807) is 12.5 Å². The Balaban J connectivity index is 1.28. The molecule has 1 aromatic carbocycles. The van der Waals surface area contributed by atoms with Crippen molar-refractivity contribution < 1.29 is 14.0 Å². The molecule has 2 bridgehead atoms. The van der Waals surface area contributed by atoms with Gasteiger partial charge in [-0.05, 0) is 30.0 Å². The highest BCUT2D eigenvalue weighted by Gasteiger charge is 2.56. The van der Waals surface area contributed by atoms with Gasteiger partial charge >= 0.3 is 0 Å². The third kappa shape index (κ3) is 2.60. The van der Waals surface area contributed by atoms with E-state index in [0.29, 0.717) is 24.6 Å². The van der Waals surface area contributed by atoms with Gasteiger partial charge in [0.05, 0.1) is 12.7 Å². The van der Waals surface area contributed by atoms with Gasteiger partial charge in [0.2, 0.25) is 5.91 Å². The number of rotatable bonds is 5. The van der Waals surface area contributed by atoms with Crippen molar-refractivity contribution in [3.63, 3.8) is 0 Å². The molecule has 8 nitrogen and oxygen atoms in total. The minimum atomic E-state index is -0.592. The van der Waals surface area contributed by atoms with E-state index in [1.807, 2.05) is 39.9 Å². The van der Waals surface area contributed by atoms with Crippen LogP contribution in [0.3, 0.4) is 0 Å². The molecule has 3 fully saturated rings. The lowest BCUT2D eigenvalue weighted by Gasteiger charge is -2.35. The van der Waals surface area contributed by atoms with Crippen LogP contribution in [0.2, 0.25) is 0 Å². The van der Waals surface area contributed by atoms with E-state index < -0.39 is 5.91 Å². The Labute approximate surface area is 161 Å². The summed E-state index contributed by atoms with van der Waals surface area (Å²) in [5.74, 6) is 0.325. The molecule has 28 heavy (non-hydrogen) atoms. The molecule has 0 spiro atoms. The Morgan fingerprint density at radius 3 is 2.79 bits per heavy atom. The Morgan fingerprint density at radius 1 is 1.25 bits per heavy atom. The number of benzene rings is 1. The molecule has 2 amide bonds. The molecule has 1 aliphatic carbocycles. The number of fused-ring (bicyclic) bond motifs is 1. The number of primary amides is 1. The van der Waals surface area contributed by atoms with Crippen LogP contribution in [0, 0.1) is 5.92 Å². The van der Waals surface area contributed by atoms with Crippen molar-refractivity contribution in [3.05, 3.63) is 66.4 Å². The summed E-state index contributed by atoms with van der Waals surface area (Å²) in [6.07, 6.45) is 7.87. The lowest BCUT2D eigenvalue weighted by Crippen LogP contribution is -2.40. The molecular formula is C20H19N5O3. The van der Waals surface area contributed by atoms with Crippen LogP contribution in [-0.2, 0) is 11.2 Å². The zero-order chi connectivity index (χ0) is 19.3. The van der Waals surface area contributed by atoms with Crippen LogP contribution >= 0.6 is 0 Å². The summed E-state index contributed by atoms with van der Waals surface area (Å²) in [6.45, 7) is 0.681. The first-order chi connectivity index (χ1) is 13.6. The molecule has 2 saturated heterocycles. The van der Waals surface area contributed by atoms with Crippen LogP contribution in [0.25, 0.3) is 5.69 Å². The Morgan fingerprint density at radius 2 is 2.07 bits per heavy atom. The molecule has 2 aromatic heterocycles. The fraction of sp³-hybridized carbons (Fsp3) is 0.300. The van der Waals surface area contributed by atoms with Crippen molar-refractivity contribution in [1.82, 2.24) is 19.4 Å². The second kappa shape index (κ2) is 6.33. The van der Waals surface area contributed by atoms with E-state index >= 15 is 0 Å². The number of carbonyl (C=O) groups excluding carboxylic acids is 2. The van der Waals surface area contributed by atoms with E-state index in [2.05, 4.69) is 9.97 Å². The Hall–Kier alpha value is -3.42. The maximum absolute atomic E-state index is 12.9. The number of nitrogens with two attached hydrogens (primary N) is 1. The summed E-state index contributed by atoms with van der Waals surface area (Å²) in [6, 6.07) is 7.93. The van der Waals surface area contributed by atoms with Crippen molar-refractivity contribution in [2.24, 2.45) is 11.7 Å². The molecule has 2 N–H and O–H groups in total. The van der Waals surface area contributed by atoms with Crippen molar-refractivity contribution >= 4 is 11.8 Å². The summed E-state index contributed by atoms with van der Waals surface area (Å²) in [7, 11) is 0. The number of imidazole rings is 1. The van der Waals surface area contributed by atoms with Crippen LogP contribution in [-0.4, -0.2) is 43.8 Å². The minimum absolute atomic E-state index is 0.0116. The number of nitrogens with zero attached hydrogens (tertiary/aromatic N) is 4. The highest BCUT2D eigenvalue weighted by Crippen LogP contribution is 2.53. The van der Waals surface area contributed by atoms with E-state index in [9.17, 15) is 9.59 Å². The molecule has 142 valence electrons. The number of hydrogen-bond acceptors (Lipinski definition) is 5. The first kappa shape index (κ1) is 16.7. The van der Waals surface area contributed by atoms with Crippen molar-refractivity contribution in [1.29, 1.82) is 0 Å². The molecule has 6 rings (SSSR count). The zero-order valence-electron chi connectivity index (χ0n) is 15.1. The molecule has 1 saturated carbocycles. The number of amides is 2. The van der Waals surface area contributed by atoms with Gasteiger partial charge in [-0.15, -0.1) is 0 Å². The normalized spacial score (nSPS) is 22.9. The average Bonchev–Trinajstić information content (AvgIpc) is 3.44. The Bertz CT molecular complexity index is 1020. The Kier molecular flexibility index (Phi) is 3.78. The van der Waals surface area contributed by atoms with Crippen LogP contribution < -0.4 is 5.73 Å². The summed E-state index contributed by atoms with van der Waals surface area (Å²) in [4.78, 5) is 34.3. The van der Waals surface area contributed by atoms with E-state index in [0.717, 1.165) is 17.7 Å². The summed E-state index contributed by atoms with van der Waals surface area (Å²) in [5.41, 5.74) is 7.53. The molecular weight excluding hydrogens is 358 g/mol. The molecule has 4 heterocycles. The van der Waals surface area contributed by atoms with Gasteiger partial charge in [-0.3, -0.25) is 9.59 Å². The van der Waals surface area contributed by atoms with Crippen LogP contribution in [0.4, 0.5) is 0 Å². The van der Waals surface area contributed by atoms with E-state index in [1.165, 1.54) is 6.39 Å². The average molecular weight is 377 g/mol. The largest absolute Gasteiger partial charge is 0.447 e. The zero-order valence-corrected chi connectivity index (χ0v) is 15.1. The first-order valence-electron chi connectivity index (χ1n) is 9.21. The van der Waals surface area contributed by atoms with Crippen LogP contribution in [0.5, 0.6) is 0 Å².